The summed E-state index contributed by atoms with van der Waals surface area (Å²) in [5.74, 6) is -0.929. The number of rotatable bonds is 5. The standard InChI is InChI=1S/C16H23NO4/c1-10-6-8-12(9-7-10)21-11(2)14(18)17-13(15(19)20)16(3,4)5/h6-9,11,13H,1-5H3,(H,17,18)(H,19,20)/t11?,13-/m0/s1. The Morgan fingerprint density at radius 2 is 1.71 bits per heavy atom. The number of carbonyl (C=O) groups is 2. The van der Waals surface area contributed by atoms with E-state index in [0.717, 1.165) is 5.56 Å². The van der Waals surface area contributed by atoms with Crippen LogP contribution in [0.25, 0.3) is 0 Å². The van der Waals surface area contributed by atoms with E-state index >= 15 is 0 Å². The number of carboxylic acid groups (broad SMARTS) is 1. The van der Waals surface area contributed by atoms with Crippen molar-refractivity contribution in [2.45, 2.75) is 46.8 Å². The van der Waals surface area contributed by atoms with Gasteiger partial charge in [0, 0.05) is 0 Å². The van der Waals surface area contributed by atoms with E-state index in [2.05, 4.69) is 5.32 Å². The van der Waals surface area contributed by atoms with Gasteiger partial charge in [-0.05, 0) is 31.4 Å². The molecule has 0 saturated carbocycles. The summed E-state index contributed by atoms with van der Waals surface area (Å²) in [4.78, 5) is 23.3. The molecule has 0 bridgehead atoms. The lowest BCUT2D eigenvalue weighted by Crippen LogP contribution is -2.52. The number of hydrogen-bond acceptors (Lipinski definition) is 3. The second-order valence-corrected chi connectivity index (χ2v) is 6.22. The van der Waals surface area contributed by atoms with Crippen molar-refractivity contribution in [1.29, 1.82) is 0 Å². The Morgan fingerprint density at radius 1 is 1.19 bits per heavy atom. The first kappa shape index (κ1) is 17.0. The van der Waals surface area contributed by atoms with Crippen LogP contribution in [-0.4, -0.2) is 29.1 Å². The molecule has 2 N–H and O–H groups in total. The summed E-state index contributed by atoms with van der Waals surface area (Å²) < 4.78 is 5.52. The zero-order chi connectivity index (χ0) is 16.2. The average Bonchev–Trinajstić information content (AvgIpc) is 2.36. The van der Waals surface area contributed by atoms with Crippen LogP contribution in [0.2, 0.25) is 0 Å². The Balaban J connectivity index is 2.69. The minimum Gasteiger partial charge on any atom is -0.481 e. The molecule has 0 radical (unpaired) electrons. The summed E-state index contributed by atoms with van der Waals surface area (Å²) in [6, 6.07) is 6.36. The lowest BCUT2D eigenvalue weighted by molar-refractivity contribution is -0.146. The zero-order valence-electron chi connectivity index (χ0n) is 13.1. The van der Waals surface area contributed by atoms with E-state index in [0.29, 0.717) is 5.75 Å². The molecular weight excluding hydrogens is 270 g/mol. The van der Waals surface area contributed by atoms with Crippen LogP contribution >= 0.6 is 0 Å². The van der Waals surface area contributed by atoms with Gasteiger partial charge in [-0.25, -0.2) is 4.79 Å². The Kier molecular flexibility index (Phi) is 5.35. The number of amides is 1. The Labute approximate surface area is 125 Å². The number of aryl methyl sites for hydroxylation is 1. The van der Waals surface area contributed by atoms with Crippen LogP contribution in [0.3, 0.4) is 0 Å². The summed E-state index contributed by atoms with van der Waals surface area (Å²) in [5, 5.41) is 11.7. The van der Waals surface area contributed by atoms with Gasteiger partial charge in [0.25, 0.3) is 5.91 Å². The molecule has 0 heterocycles. The molecule has 1 aromatic carbocycles. The summed E-state index contributed by atoms with van der Waals surface area (Å²) in [5.41, 5.74) is 0.517. The maximum absolute atomic E-state index is 12.1. The van der Waals surface area contributed by atoms with E-state index < -0.39 is 29.4 Å². The largest absolute Gasteiger partial charge is 0.481 e. The molecule has 0 saturated heterocycles. The van der Waals surface area contributed by atoms with Crippen LogP contribution < -0.4 is 10.1 Å². The number of nitrogens with one attached hydrogen (secondary N) is 1. The fourth-order valence-corrected chi connectivity index (χ4v) is 1.78. The molecule has 5 nitrogen and oxygen atoms in total. The first-order chi connectivity index (χ1) is 9.61. The van der Waals surface area contributed by atoms with E-state index in [1.54, 1.807) is 39.8 Å². The minimum absolute atomic E-state index is 0.446. The van der Waals surface area contributed by atoms with Gasteiger partial charge in [-0.2, -0.15) is 0 Å². The van der Waals surface area contributed by atoms with Crippen molar-refractivity contribution < 1.29 is 19.4 Å². The van der Waals surface area contributed by atoms with Crippen molar-refractivity contribution in [2.75, 3.05) is 0 Å². The third-order valence-corrected chi connectivity index (χ3v) is 3.10. The van der Waals surface area contributed by atoms with Crippen molar-refractivity contribution in [3.8, 4) is 5.75 Å². The smallest absolute Gasteiger partial charge is 0.326 e. The van der Waals surface area contributed by atoms with Gasteiger partial charge >= 0.3 is 5.97 Å². The number of carbonyl (C=O) groups excluding carboxylic acids is 1. The van der Waals surface area contributed by atoms with Gasteiger partial charge in [0.1, 0.15) is 11.8 Å². The molecule has 0 aliphatic carbocycles. The predicted molar refractivity (Wildman–Crippen MR) is 80.3 cm³/mol. The van der Waals surface area contributed by atoms with E-state index in [1.807, 2.05) is 19.1 Å². The molecule has 5 heteroatoms. The second-order valence-electron chi connectivity index (χ2n) is 6.22. The number of benzene rings is 1. The molecule has 1 unspecified atom stereocenters. The highest BCUT2D eigenvalue weighted by Gasteiger charge is 2.33. The maximum Gasteiger partial charge on any atom is 0.326 e. The number of ether oxygens (including phenoxy) is 1. The molecule has 0 fully saturated rings. The van der Waals surface area contributed by atoms with Gasteiger partial charge in [0.15, 0.2) is 6.10 Å². The molecule has 0 aliphatic heterocycles. The van der Waals surface area contributed by atoms with Crippen LogP contribution in [0.1, 0.15) is 33.3 Å². The van der Waals surface area contributed by atoms with Crippen molar-refractivity contribution in [3.05, 3.63) is 29.8 Å². The third-order valence-electron chi connectivity index (χ3n) is 3.10. The predicted octanol–water partition coefficient (Wildman–Crippen LogP) is 2.38. The van der Waals surface area contributed by atoms with Crippen molar-refractivity contribution >= 4 is 11.9 Å². The fourth-order valence-electron chi connectivity index (χ4n) is 1.78. The van der Waals surface area contributed by atoms with Crippen LogP contribution in [0.5, 0.6) is 5.75 Å². The highest BCUT2D eigenvalue weighted by Crippen LogP contribution is 2.20. The number of carboxylic acids is 1. The summed E-state index contributed by atoms with van der Waals surface area (Å²) in [7, 11) is 0. The van der Waals surface area contributed by atoms with Crippen LogP contribution in [-0.2, 0) is 9.59 Å². The van der Waals surface area contributed by atoms with Gasteiger partial charge in [-0.15, -0.1) is 0 Å². The molecule has 0 aromatic heterocycles. The molecule has 1 aromatic rings. The summed E-state index contributed by atoms with van der Waals surface area (Å²) >= 11 is 0. The first-order valence-corrected chi connectivity index (χ1v) is 6.88. The van der Waals surface area contributed by atoms with Crippen molar-refractivity contribution in [3.63, 3.8) is 0 Å². The SMILES string of the molecule is Cc1ccc(OC(C)C(=O)N[C@@H](C(=O)O)C(C)(C)C)cc1. The topological polar surface area (TPSA) is 75.6 Å². The molecule has 0 spiro atoms. The average molecular weight is 293 g/mol. The second kappa shape index (κ2) is 6.61. The zero-order valence-corrected chi connectivity index (χ0v) is 13.1. The molecular formula is C16H23NO4. The normalized spacial score (nSPS) is 14.1. The molecule has 2 atom stereocenters. The quantitative estimate of drug-likeness (QED) is 0.874. The Bertz CT molecular complexity index is 502. The first-order valence-electron chi connectivity index (χ1n) is 6.88. The van der Waals surface area contributed by atoms with Gasteiger partial charge in [0.05, 0.1) is 0 Å². The lowest BCUT2D eigenvalue weighted by atomic mass is 9.86. The van der Waals surface area contributed by atoms with E-state index in [-0.39, 0.29) is 0 Å². The van der Waals surface area contributed by atoms with Crippen molar-refractivity contribution in [1.82, 2.24) is 5.32 Å². The molecule has 21 heavy (non-hydrogen) atoms. The highest BCUT2D eigenvalue weighted by molar-refractivity contribution is 5.86. The van der Waals surface area contributed by atoms with Crippen LogP contribution in [0, 0.1) is 12.3 Å². The monoisotopic (exact) mass is 293 g/mol. The maximum atomic E-state index is 12.1. The number of aliphatic carboxylic acids is 1. The van der Waals surface area contributed by atoms with Gasteiger partial charge in [0.2, 0.25) is 0 Å². The molecule has 116 valence electrons. The molecule has 0 aliphatic rings. The van der Waals surface area contributed by atoms with Crippen LogP contribution in [0.4, 0.5) is 0 Å². The summed E-state index contributed by atoms with van der Waals surface area (Å²) in [6.07, 6.45) is -0.767. The number of hydrogen-bond donors (Lipinski definition) is 2. The fraction of sp³-hybridized carbons (Fsp3) is 0.500. The van der Waals surface area contributed by atoms with E-state index in [1.165, 1.54) is 0 Å². The van der Waals surface area contributed by atoms with Gasteiger partial charge in [-0.1, -0.05) is 38.5 Å². The van der Waals surface area contributed by atoms with Crippen molar-refractivity contribution in [2.24, 2.45) is 5.41 Å². The van der Waals surface area contributed by atoms with Gasteiger partial charge in [-0.3, -0.25) is 4.79 Å². The molecule has 1 amide bonds. The Morgan fingerprint density at radius 3 is 2.14 bits per heavy atom. The highest BCUT2D eigenvalue weighted by atomic mass is 16.5. The van der Waals surface area contributed by atoms with E-state index in [9.17, 15) is 14.7 Å². The summed E-state index contributed by atoms with van der Waals surface area (Å²) in [6.45, 7) is 8.84. The lowest BCUT2D eigenvalue weighted by Gasteiger charge is -2.28. The van der Waals surface area contributed by atoms with E-state index in [4.69, 9.17) is 4.74 Å². The minimum atomic E-state index is -1.06. The van der Waals surface area contributed by atoms with Gasteiger partial charge < -0.3 is 15.2 Å². The Hall–Kier alpha value is -2.04. The molecule has 1 rings (SSSR count). The third kappa shape index (κ3) is 5.10. The van der Waals surface area contributed by atoms with Crippen LogP contribution in [0.15, 0.2) is 24.3 Å².